The summed E-state index contributed by atoms with van der Waals surface area (Å²) in [4.78, 5) is 0. The molecule has 2 nitrogen and oxygen atoms in total. The molecule has 1 saturated heterocycles. The lowest BCUT2D eigenvalue weighted by molar-refractivity contribution is 0.100. The second-order valence-corrected chi connectivity index (χ2v) is 4.36. The number of rotatable bonds is 3. The highest BCUT2D eigenvalue weighted by atomic mass is 16.5. The minimum Gasteiger partial charge on any atom is -0.378 e. The molecule has 1 heterocycles. The average molecular weight is 169 g/mol. The van der Waals surface area contributed by atoms with Crippen LogP contribution in [0.5, 0.6) is 0 Å². The van der Waals surface area contributed by atoms with Gasteiger partial charge >= 0.3 is 0 Å². The van der Waals surface area contributed by atoms with Crippen molar-refractivity contribution in [3.05, 3.63) is 0 Å². The van der Waals surface area contributed by atoms with E-state index in [4.69, 9.17) is 4.74 Å². The molecule has 2 aliphatic rings. The molecule has 2 unspecified atom stereocenters. The average Bonchev–Trinajstić information content (AvgIpc) is 2.74. The highest BCUT2D eigenvalue weighted by Crippen LogP contribution is 2.43. The molecule has 0 amide bonds. The highest BCUT2D eigenvalue weighted by Gasteiger charge is 2.44. The third-order valence-electron chi connectivity index (χ3n) is 3.57. The summed E-state index contributed by atoms with van der Waals surface area (Å²) in [6.07, 6.45) is 5.82. The molecule has 1 aliphatic heterocycles. The van der Waals surface area contributed by atoms with E-state index >= 15 is 0 Å². The Bertz CT molecular complexity index is 165. The second kappa shape index (κ2) is 3.00. The minimum atomic E-state index is 0.496. The Kier molecular flexibility index (Phi) is 2.13. The summed E-state index contributed by atoms with van der Waals surface area (Å²) in [6, 6.07) is 0. The van der Waals surface area contributed by atoms with Crippen LogP contribution in [-0.2, 0) is 4.74 Å². The molecule has 2 fully saturated rings. The second-order valence-electron chi connectivity index (χ2n) is 4.36. The summed E-state index contributed by atoms with van der Waals surface area (Å²) >= 11 is 0. The lowest BCUT2D eigenvalue weighted by atomic mass is 9.93. The van der Waals surface area contributed by atoms with Crippen LogP contribution in [0.3, 0.4) is 0 Å². The zero-order chi connectivity index (χ0) is 8.60. The van der Waals surface area contributed by atoms with Gasteiger partial charge in [-0.25, -0.2) is 0 Å². The van der Waals surface area contributed by atoms with Gasteiger partial charge in [0, 0.05) is 12.1 Å². The van der Waals surface area contributed by atoms with Crippen LogP contribution in [0.25, 0.3) is 0 Å². The van der Waals surface area contributed by atoms with E-state index in [1.54, 1.807) is 0 Å². The van der Waals surface area contributed by atoms with Gasteiger partial charge in [0.15, 0.2) is 0 Å². The minimum absolute atomic E-state index is 0.496. The van der Waals surface area contributed by atoms with Gasteiger partial charge in [-0.1, -0.05) is 0 Å². The molecule has 0 aromatic heterocycles. The first kappa shape index (κ1) is 8.52. The van der Waals surface area contributed by atoms with Crippen molar-refractivity contribution in [3.63, 3.8) is 0 Å². The van der Waals surface area contributed by atoms with Crippen LogP contribution in [0.1, 0.15) is 32.6 Å². The highest BCUT2D eigenvalue weighted by molar-refractivity contribution is 5.03. The monoisotopic (exact) mass is 169 g/mol. The van der Waals surface area contributed by atoms with Crippen molar-refractivity contribution in [1.82, 2.24) is 5.32 Å². The Labute approximate surface area is 74.7 Å². The first-order chi connectivity index (χ1) is 5.76. The molecule has 2 atom stereocenters. The van der Waals surface area contributed by atoms with Gasteiger partial charge in [-0.05, 0) is 45.6 Å². The van der Waals surface area contributed by atoms with Crippen LogP contribution in [0.2, 0.25) is 0 Å². The van der Waals surface area contributed by atoms with E-state index in [-0.39, 0.29) is 0 Å². The van der Waals surface area contributed by atoms with Crippen LogP contribution in [-0.4, -0.2) is 25.3 Å². The van der Waals surface area contributed by atoms with Gasteiger partial charge in [0.25, 0.3) is 0 Å². The predicted molar refractivity (Wildman–Crippen MR) is 49.2 cm³/mol. The maximum absolute atomic E-state index is 5.56. The van der Waals surface area contributed by atoms with Gasteiger partial charge < -0.3 is 10.1 Å². The van der Waals surface area contributed by atoms with E-state index in [2.05, 4.69) is 19.3 Å². The van der Waals surface area contributed by atoms with Gasteiger partial charge in [-0.15, -0.1) is 0 Å². The number of hydrogen-bond donors (Lipinski definition) is 1. The third-order valence-corrected chi connectivity index (χ3v) is 3.57. The van der Waals surface area contributed by atoms with Crippen molar-refractivity contribution in [2.75, 3.05) is 13.7 Å². The third kappa shape index (κ3) is 1.50. The van der Waals surface area contributed by atoms with Crippen LogP contribution < -0.4 is 5.32 Å². The maximum atomic E-state index is 5.56. The largest absolute Gasteiger partial charge is 0.378 e. The topological polar surface area (TPSA) is 21.3 Å². The fraction of sp³-hybridized carbons (Fsp3) is 1.00. The van der Waals surface area contributed by atoms with Gasteiger partial charge in [-0.3, -0.25) is 0 Å². The molecule has 2 rings (SSSR count). The predicted octanol–water partition coefficient (Wildman–Crippen LogP) is 1.55. The van der Waals surface area contributed by atoms with E-state index in [1.807, 2.05) is 0 Å². The molecule has 0 bridgehead atoms. The van der Waals surface area contributed by atoms with Gasteiger partial charge in [0.05, 0.1) is 6.10 Å². The Hall–Kier alpha value is -0.0800. The van der Waals surface area contributed by atoms with E-state index < -0.39 is 0 Å². The summed E-state index contributed by atoms with van der Waals surface area (Å²) in [5, 5.41) is 3.44. The summed E-state index contributed by atoms with van der Waals surface area (Å²) in [5.74, 6) is 0.806. The van der Waals surface area contributed by atoms with E-state index in [0.717, 1.165) is 12.5 Å². The fourth-order valence-corrected chi connectivity index (χ4v) is 2.25. The lowest BCUT2D eigenvalue weighted by Gasteiger charge is -2.21. The Morgan fingerprint density at radius 2 is 2.25 bits per heavy atom. The number of nitrogens with one attached hydrogen (secondary N) is 1. The summed E-state index contributed by atoms with van der Waals surface area (Å²) in [7, 11) is 2.09. The maximum Gasteiger partial charge on any atom is 0.0576 e. The first-order valence-corrected chi connectivity index (χ1v) is 5.06. The van der Waals surface area contributed by atoms with Crippen LogP contribution in [0, 0.1) is 5.92 Å². The van der Waals surface area contributed by atoms with Crippen LogP contribution in [0.4, 0.5) is 0 Å². The van der Waals surface area contributed by atoms with Gasteiger partial charge in [0.2, 0.25) is 0 Å². The van der Waals surface area contributed by atoms with Crippen molar-refractivity contribution in [2.45, 2.75) is 44.2 Å². The molecule has 0 spiro atoms. The van der Waals surface area contributed by atoms with Crippen molar-refractivity contribution in [1.29, 1.82) is 0 Å². The Balaban J connectivity index is 1.86. The van der Waals surface area contributed by atoms with Crippen LogP contribution in [0.15, 0.2) is 0 Å². The molecule has 2 heteroatoms. The smallest absolute Gasteiger partial charge is 0.0576 e. The molecular formula is C10H19NO. The molecule has 70 valence electrons. The zero-order valence-electron chi connectivity index (χ0n) is 8.10. The Morgan fingerprint density at radius 3 is 2.67 bits per heavy atom. The molecule has 12 heavy (non-hydrogen) atoms. The van der Waals surface area contributed by atoms with Gasteiger partial charge in [-0.2, -0.15) is 0 Å². The van der Waals surface area contributed by atoms with Gasteiger partial charge in [0.1, 0.15) is 0 Å². The molecular weight excluding hydrogens is 150 g/mol. The number of hydrogen-bond acceptors (Lipinski definition) is 2. The Morgan fingerprint density at radius 1 is 1.50 bits per heavy atom. The van der Waals surface area contributed by atoms with Crippen molar-refractivity contribution < 1.29 is 4.74 Å². The van der Waals surface area contributed by atoms with E-state index in [9.17, 15) is 0 Å². The summed E-state index contributed by atoms with van der Waals surface area (Å²) < 4.78 is 5.56. The molecule has 0 aromatic rings. The molecule has 1 N–H and O–H groups in total. The molecule has 0 aromatic carbocycles. The fourth-order valence-electron chi connectivity index (χ4n) is 2.25. The first-order valence-electron chi connectivity index (χ1n) is 5.06. The zero-order valence-corrected chi connectivity index (χ0v) is 8.10. The SMILES string of the molecule is CNC1(CC2CCOC2C)CC1. The van der Waals surface area contributed by atoms with Crippen molar-refractivity contribution in [3.8, 4) is 0 Å². The van der Waals surface area contributed by atoms with Crippen molar-refractivity contribution in [2.24, 2.45) is 5.92 Å². The summed E-state index contributed by atoms with van der Waals surface area (Å²) in [5.41, 5.74) is 0.507. The summed E-state index contributed by atoms with van der Waals surface area (Å²) in [6.45, 7) is 3.19. The standard InChI is InChI=1S/C10H19NO/c1-8-9(3-6-12-8)7-10(11-2)4-5-10/h8-9,11H,3-7H2,1-2H3. The van der Waals surface area contributed by atoms with Crippen molar-refractivity contribution >= 4 is 0 Å². The molecule has 1 aliphatic carbocycles. The molecule has 0 radical (unpaired) electrons. The van der Waals surface area contributed by atoms with E-state index in [1.165, 1.54) is 25.7 Å². The molecule has 1 saturated carbocycles. The lowest BCUT2D eigenvalue weighted by Crippen LogP contribution is -2.31. The quantitative estimate of drug-likeness (QED) is 0.692. The van der Waals surface area contributed by atoms with Crippen LogP contribution >= 0.6 is 0 Å². The van der Waals surface area contributed by atoms with E-state index in [0.29, 0.717) is 11.6 Å². The normalized spacial score (nSPS) is 38.5. The number of ether oxygens (including phenoxy) is 1.